The number of rotatable bonds is 4. The number of aromatic nitrogens is 4. The summed E-state index contributed by atoms with van der Waals surface area (Å²) in [7, 11) is 0. The molecule has 50 heavy (non-hydrogen) atoms. The topological polar surface area (TPSA) is 51.6 Å². The Morgan fingerprint density at radius 1 is 0.460 bits per heavy atom. The monoisotopic (exact) mass is 638 g/mol. The second-order valence-corrected chi connectivity index (χ2v) is 12.9. The molecule has 0 N–H and O–H groups in total. The summed E-state index contributed by atoms with van der Waals surface area (Å²) in [6.07, 6.45) is 11.5. The lowest BCUT2D eigenvalue weighted by Crippen LogP contribution is -2.12. The molecule has 4 heteroatoms. The molecule has 8 aromatic rings. The van der Waals surface area contributed by atoms with E-state index in [1.165, 1.54) is 33.4 Å². The van der Waals surface area contributed by atoms with Gasteiger partial charge in [0.25, 0.3) is 0 Å². The first-order valence-corrected chi connectivity index (χ1v) is 17.1. The molecular weight excluding hydrogens is 609 g/mol. The maximum Gasteiger partial charge on any atom is 0.165 e. The maximum atomic E-state index is 5.33. The van der Waals surface area contributed by atoms with E-state index in [4.69, 9.17) is 15.0 Å². The summed E-state index contributed by atoms with van der Waals surface area (Å²) in [5, 5.41) is 4.48. The van der Waals surface area contributed by atoms with E-state index < -0.39 is 0 Å². The van der Waals surface area contributed by atoms with Crippen molar-refractivity contribution in [3.8, 4) is 56.4 Å². The van der Waals surface area contributed by atoms with Gasteiger partial charge in [0.2, 0.25) is 0 Å². The summed E-state index contributed by atoms with van der Waals surface area (Å²) in [6, 6.07) is 47.1. The quantitative estimate of drug-likeness (QED) is 0.180. The van der Waals surface area contributed by atoms with Crippen molar-refractivity contribution in [1.29, 1.82) is 0 Å². The molecule has 4 nitrogen and oxygen atoms in total. The normalized spacial score (nSPS) is 14.6. The average Bonchev–Trinajstić information content (AvgIpc) is 3.20. The van der Waals surface area contributed by atoms with Crippen LogP contribution in [0.2, 0.25) is 0 Å². The third-order valence-corrected chi connectivity index (χ3v) is 10.2. The minimum atomic E-state index is 0.337. The zero-order chi connectivity index (χ0) is 33.0. The molecule has 1 unspecified atom stereocenters. The van der Waals surface area contributed by atoms with Gasteiger partial charge in [0, 0.05) is 35.0 Å². The predicted molar refractivity (Wildman–Crippen MR) is 204 cm³/mol. The van der Waals surface area contributed by atoms with Crippen LogP contribution in [0.25, 0.3) is 83.5 Å². The van der Waals surface area contributed by atoms with Gasteiger partial charge in [0.1, 0.15) is 0 Å². The number of nitrogens with zero attached hydrogens (tertiary/aromatic N) is 4. The molecule has 0 saturated carbocycles. The van der Waals surface area contributed by atoms with E-state index in [-0.39, 0.29) is 0 Å². The van der Waals surface area contributed by atoms with Crippen LogP contribution in [0.15, 0.2) is 164 Å². The van der Waals surface area contributed by atoms with Gasteiger partial charge >= 0.3 is 0 Å². The largest absolute Gasteiger partial charge is 0.265 e. The van der Waals surface area contributed by atoms with Crippen molar-refractivity contribution in [2.75, 3.05) is 0 Å². The van der Waals surface area contributed by atoms with Crippen molar-refractivity contribution in [2.45, 2.75) is 12.3 Å². The predicted octanol–water partition coefficient (Wildman–Crippen LogP) is 11.3. The molecule has 10 rings (SSSR count). The van der Waals surface area contributed by atoms with Crippen molar-refractivity contribution >= 4 is 27.1 Å². The van der Waals surface area contributed by atoms with E-state index in [9.17, 15) is 0 Å². The number of fused-ring (bicyclic) bond motifs is 8. The van der Waals surface area contributed by atoms with Crippen molar-refractivity contribution in [1.82, 2.24) is 19.9 Å². The molecular formula is C46H30N4. The summed E-state index contributed by atoms with van der Waals surface area (Å²) < 4.78 is 0. The highest BCUT2D eigenvalue weighted by molar-refractivity contribution is 6.20. The molecule has 0 amide bonds. The molecule has 0 radical (unpaired) electrons. The van der Waals surface area contributed by atoms with Crippen LogP contribution in [0.4, 0.5) is 0 Å². The van der Waals surface area contributed by atoms with Crippen LogP contribution in [0.5, 0.6) is 0 Å². The minimum absolute atomic E-state index is 0.337. The van der Waals surface area contributed by atoms with Crippen molar-refractivity contribution in [3.63, 3.8) is 0 Å². The molecule has 2 aliphatic rings. The summed E-state index contributed by atoms with van der Waals surface area (Å²) >= 11 is 0. The summed E-state index contributed by atoms with van der Waals surface area (Å²) in [4.78, 5) is 20.0. The zero-order valence-corrected chi connectivity index (χ0v) is 27.2. The van der Waals surface area contributed by atoms with Gasteiger partial charge in [-0.2, -0.15) is 0 Å². The number of allylic oxidation sites excluding steroid dienone is 4. The molecule has 0 aliphatic heterocycles. The molecule has 0 saturated heterocycles. The van der Waals surface area contributed by atoms with Gasteiger partial charge in [-0.15, -0.1) is 0 Å². The zero-order valence-electron chi connectivity index (χ0n) is 27.2. The number of benzene rings is 6. The van der Waals surface area contributed by atoms with E-state index in [1.54, 1.807) is 0 Å². The first kappa shape index (κ1) is 28.5. The van der Waals surface area contributed by atoms with Crippen LogP contribution in [0, 0.1) is 0 Å². The summed E-state index contributed by atoms with van der Waals surface area (Å²) in [5.41, 5.74) is 11.8. The first-order chi connectivity index (χ1) is 24.8. The standard InChI is InChI=1S/C46H30N4/c1-2-12-30(13-3-1)44-48-45(31-22-23-36-34-16-5-4-14-32(34)33-15-6-7-17-35(33)41(36)28-31)50-46(49-44)43-39-20-10-8-18-37(39)42(29-24-26-47-27-25-29)38-19-9-11-21-40(38)43/h1-14,16-28,33H,15H2. The van der Waals surface area contributed by atoms with Gasteiger partial charge in [0.05, 0.1) is 0 Å². The van der Waals surface area contributed by atoms with Gasteiger partial charge < -0.3 is 0 Å². The Balaban J connectivity index is 1.25. The molecule has 0 fully saturated rings. The highest BCUT2D eigenvalue weighted by Crippen LogP contribution is 2.50. The highest BCUT2D eigenvalue weighted by atomic mass is 15.0. The van der Waals surface area contributed by atoms with Crippen molar-refractivity contribution in [3.05, 3.63) is 175 Å². The van der Waals surface area contributed by atoms with E-state index >= 15 is 0 Å². The Labute approximate surface area is 290 Å². The number of pyridine rings is 1. The third kappa shape index (κ3) is 4.53. The van der Waals surface area contributed by atoms with Gasteiger partial charge in [-0.3, -0.25) is 4.98 Å². The van der Waals surface area contributed by atoms with E-state index in [2.05, 4.69) is 138 Å². The van der Waals surface area contributed by atoms with E-state index in [1.807, 2.05) is 30.6 Å². The minimum Gasteiger partial charge on any atom is -0.265 e. The fourth-order valence-electron chi connectivity index (χ4n) is 7.94. The molecule has 2 aliphatic carbocycles. The number of hydrogen-bond donors (Lipinski definition) is 0. The van der Waals surface area contributed by atoms with Crippen LogP contribution >= 0.6 is 0 Å². The third-order valence-electron chi connectivity index (χ3n) is 10.2. The lowest BCUT2D eigenvalue weighted by Gasteiger charge is -2.31. The van der Waals surface area contributed by atoms with Crippen LogP contribution in [0.1, 0.15) is 23.5 Å². The number of hydrogen-bond acceptors (Lipinski definition) is 4. The fourth-order valence-corrected chi connectivity index (χ4v) is 7.94. The van der Waals surface area contributed by atoms with Crippen LogP contribution in [-0.4, -0.2) is 19.9 Å². The Morgan fingerprint density at radius 3 is 1.82 bits per heavy atom. The maximum absolute atomic E-state index is 5.33. The highest BCUT2D eigenvalue weighted by Gasteiger charge is 2.30. The molecule has 2 aromatic heterocycles. The molecule has 0 spiro atoms. The van der Waals surface area contributed by atoms with Gasteiger partial charge in [-0.25, -0.2) is 15.0 Å². The first-order valence-electron chi connectivity index (χ1n) is 17.1. The second kappa shape index (κ2) is 11.6. The van der Waals surface area contributed by atoms with Crippen LogP contribution in [-0.2, 0) is 0 Å². The van der Waals surface area contributed by atoms with Gasteiger partial charge in [0.15, 0.2) is 17.5 Å². The summed E-state index contributed by atoms with van der Waals surface area (Å²) in [6.45, 7) is 0. The average molecular weight is 639 g/mol. The Hall–Kier alpha value is -6.52. The smallest absolute Gasteiger partial charge is 0.165 e. The van der Waals surface area contributed by atoms with E-state index in [0.29, 0.717) is 23.4 Å². The van der Waals surface area contributed by atoms with Crippen molar-refractivity contribution < 1.29 is 0 Å². The Kier molecular flexibility index (Phi) is 6.59. The molecule has 234 valence electrons. The summed E-state index contributed by atoms with van der Waals surface area (Å²) in [5.74, 6) is 2.30. The van der Waals surface area contributed by atoms with Gasteiger partial charge in [-0.05, 0) is 85.1 Å². The van der Waals surface area contributed by atoms with Crippen LogP contribution < -0.4 is 0 Å². The molecule has 0 bridgehead atoms. The Morgan fingerprint density at radius 2 is 1.08 bits per heavy atom. The molecule has 6 aromatic carbocycles. The van der Waals surface area contributed by atoms with Crippen LogP contribution in [0.3, 0.4) is 0 Å². The lowest BCUT2D eigenvalue weighted by atomic mass is 9.72. The van der Waals surface area contributed by atoms with E-state index in [0.717, 1.165) is 50.2 Å². The lowest BCUT2D eigenvalue weighted by molar-refractivity contribution is 0.868. The molecule has 1 atom stereocenters. The molecule has 2 heterocycles. The van der Waals surface area contributed by atoms with Crippen molar-refractivity contribution in [2.24, 2.45) is 0 Å². The SMILES string of the molecule is C1=CCC2C(=C1)c1cc(-c3nc(-c4ccccc4)nc(-c4c5ccccc5c(-c5ccncc5)c5ccccc45)n3)ccc1-c1ccccc12. The second-order valence-electron chi connectivity index (χ2n) is 12.9. The van der Waals surface area contributed by atoms with Gasteiger partial charge in [-0.1, -0.05) is 133 Å². The fraction of sp³-hybridized carbons (Fsp3) is 0.0435. The Bertz CT molecular complexity index is 2620.